The standard InChI is InChI=1S/C11H16Cl2N2O/c1-15(2)6-9(14)7-16-11-5-8(12)3-4-10(11)13/h3-5,9H,6-7,14H2,1-2H3. The molecule has 16 heavy (non-hydrogen) atoms. The molecule has 90 valence electrons. The van der Waals surface area contributed by atoms with E-state index in [0.29, 0.717) is 22.4 Å². The largest absolute Gasteiger partial charge is 0.490 e. The van der Waals surface area contributed by atoms with Crippen LogP contribution in [0.5, 0.6) is 5.75 Å². The van der Waals surface area contributed by atoms with Crippen LogP contribution in [0, 0.1) is 0 Å². The summed E-state index contributed by atoms with van der Waals surface area (Å²) in [6, 6.07) is 5.06. The van der Waals surface area contributed by atoms with Crippen molar-refractivity contribution < 1.29 is 4.74 Å². The Bertz CT molecular complexity index is 345. The number of hydrogen-bond donors (Lipinski definition) is 1. The van der Waals surface area contributed by atoms with Crippen LogP contribution in [-0.2, 0) is 0 Å². The summed E-state index contributed by atoms with van der Waals surface area (Å²) in [5.41, 5.74) is 5.87. The van der Waals surface area contributed by atoms with E-state index in [1.807, 2.05) is 19.0 Å². The van der Waals surface area contributed by atoms with Gasteiger partial charge in [-0.3, -0.25) is 0 Å². The van der Waals surface area contributed by atoms with Crippen molar-refractivity contribution in [3.63, 3.8) is 0 Å². The highest BCUT2D eigenvalue weighted by molar-refractivity contribution is 6.34. The van der Waals surface area contributed by atoms with Crippen LogP contribution in [0.3, 0.4) is 0 Å². The van der Waals surface area contributed by atoms with Crippen LogP contribution in [-0.4, -0.2) is 38.2 Å². The van der Waals surface area contributed by atoms with Crippen LogP contribution < -0.4 is 10.5 Å². The topological polar surface area (TPSA) is 38.5 Å². The predicted octanol–water partition coefficient (Wildman–Crippen LogP) is 2.26. The zero-order valence-corrected chi connectivity index (χ0v) is 10.9. The normalized spacial score (nSPS) is 12.9. The van der Waals surface area contributed by atoms with E-state index in [9.17, 15) is 0 Å². The molecule has 5 heteroatoms. The molecule has 0 amide bonds. The third kappa shape index (κ3) is 4.58. The van der Waals surface area contributed by atoms with E-state index >= 15 is 0 Å². The van der Waals surface area contributed by atoms with Crippen LogP contribution in [0.1, 0.15) is 0 Å². The molecule has 2 N–H and O–H groups in total. The third-order valence-corrected chi connectivity index (χ3v) is 2.49. The van der Waals surface area contributed by atoms with Gasteiger partial charge in [0.1, 0.15) is 12.4 Å². The lowest BCUT2D eigenvalue weighted by molar-refractivity contribution is 0.254. The van der Waals surface area contributed by atoms with Crippen molar-refractivity contribution in [2.24, 2.45) is 5.73 Å². The van der Waals surface area contributed by atoms with Gasteiger partial charge in [0.2, 0.25) is 0 Å². The Kier molecular flexibility index (Phi) is 5.35. The molecule has 1 rings (SSSR count). The molecule has 1 unspecified atom stereocenters. The van der Waals surface area contributed by atoms with E-state index in [0.717, 1.165) is 6.54 Å². The molecule has 0 saturated heterocycles. The van der Waals surface area contributed by atoms with Crippen molar-refractivity contribution in [2.75, 3.05) is 27.2 Å². The van der Waals surface area contributed by atoms with Crippen LogP contribution in [0.2, 0.25) is 10.0 Å². The fourth-order valence-electron chi connectivity index (χ4n) is 1.31. The van der Waals surface area contributed by atoms with Crippen molar-refractivity contribution >= 4 is 23.2 Å². The number of ether oxygens (including phenoxy) is 1. The first-order chi connectivity index (χ1) is 7.49. The number of rotatable bonds is 5. The van der Waals surface area contributed by atoms with Gasteiger partial charge in [-0.25, -0.2) is 0 Å². The van der Waals surface area contributed by atoms with E-state index in [1.165, 1.54) is 0 Å². The minimum Gasteiger partial charge on any atom is -0.490 e. The van der Waals surface area contributed by atoms with Crippen molar-refractivity contribution in [1.82, 2.24) is 4.90 Å². The Morgan fingerprint density at radius 1 is 1.38 bits per heavy atom. The molecule has 0 bridgehead atoms. The molecular formula is C11H16Cl2N2O. The van der Waals surface area contributed by atoms with Gasteiger partial charge in [-0.05, 0) is 26.2 Å². The SMILES string of the molecule is CN(C)CC(N)COc1cc(Cl)ccc1Cl. The van der Waals surface area contributed by atoms with Crippen LogP contribution in [0.15, 0.2) is 18.2 Å². The van der Waals surface area contributed by atoms with Gasteiger partial charge < -0.3 is 15.4 Å². The Hall–Kier alpha value is -0.480. The highest BCUT2D eigenvalue weighted by atomic mass is 35.5. The third-order valence-electron chi connectivity index (χ3n) is 1.95. The summed E-state index contributed by atoms with van der Waals surface area (Å²) in [7, 11) is 3.93. The van der Waals surface area contributed by atoms with Gasteiger partial charge in [0.25, 0.3) is 0 Å². The minimum absolute atomic E-state index is 0.0509. The maximum absolute atomic E-state index is 5.95. The second-order valence-corrected chi connectivity index (χ2v) is 4.75. The molecule has 1 aromatic rings. The molecule has 0 aromatic heterocycles. The minimum atomic E-state index is -0.0509. The van der Waals surface area contributed by atoms with E-state index in [4.69, 9.17) is 33.7 Å². The zero-order valence-electron chi connectivity index (χ0n) is 9.41. The number of nitrogens with zero attached hydrogens (tertiary/aromatic N) is 1. The quantitative estimate of drug-likeness (QED) is 0.885. The zero-order chi connectivity index (χ0) is 12.1. The number of hydrogen-bond acceptors (Lipinski definition) is 3. The maximum atomic E-state index is 5.95. The average molecular weight is 263 g/mol. The summed E-state index contributed by atoms with van der Waals surface area (Å²) in [6.07, 6.45) is 0. The highest BCUT2D eigenvalue weighted by Crippen LogP contribution is 2.27. The second-order valence-electron chi connectivity index (χ2n) is 3.91. The van der Waals surface area contributed by atoms with E-state index in [-0.39, 0.29) is 6.04 Å². The van der Waals surface area contributed by atoms with E-state index in [2.05, 4.69) is 0 Å². The molecule has 0 radical (unpaired) electrons. The first kappa shape index (κ1) is 13.6. The van der Waals surface area contributed by atoms with Crippen molar-refractivity contribution in [3.8, 4) is 5.75 Å². The molecule has 0 spiro atoms. The van der Waals surface area contributed by atoms with Crippen LogP contribution >= 0.6 is 23.2 Å². The molecule has 0 aliphatic carbocycles. The predicted molar refractivity (Wildman–Crippen MR) is 68.5 cm³/mol. The lowest BCUT2D eigenvalue weighted by atomic mass is 10.3. The highest BCUT2D eigenvalue weighted by Gasteiger charge is 2.07. The van der Waals surface area contributed by atoms with Crippen molar-refractivity contribution in [1.29, 1.82) is 0 Å². The second kappa shape index (κ2) is 6.30. The fourth-order valence-corrected chi connectivity index (χ4v) is 1.64. The molecule has 0 heterocycles. The summed E-state index contributed by atoms with van der Waals surface area (Å²) in [4.78, 5) is 2.01. The van der Waals surface area contributed by atoms with Crippen molar-refractivity contribution in [2.45, 2.75) is 6.04 Å². The monoisotopic (exact) mass is 262 g/mol. The molecule has 0 fully saturated rings. The molecule has 0 saturated carbocycles. The van der Waals surface area contributed by atoms with Gasteiger partial charge in [-0.1, -0.05) is 23.2 Å². The number of benzene rings is 1. The van der Waals surface area contributed by atoms with E-state index < -0.39 is 0 Å². The van der Waals surface area contributed by atoms with Gasteiger partial charge >= 0.3 is 0 Å². The van der Waals surface area contributed by atoms with Gasteiger partial charge in [0.05, 0.1) is 11.1 Å². The molecular weight excluding hydrogens is 247 g/mol. The molecule has 1 atom stereocenters. The summed E-state index contributed by atoms with van der Waals surface area (Å²) in [5, 5.41) is 1.14. The average Bonchev–Trinajstić information content (AvgIpc) is 2.18. The summed E-state index contributed by atoms with van der Waals surface area (Å²) in [6.45, 7) is 1.18. The Labute approximate surface area is 106 Å². The first-order valence-corrected chi connectivity index (χ1v) is 5.73. The summed E-state index contributed by atoms with van der Waals surface area (Å²) < 4.78 is 5.51. The number of likely N-dealkylation sites (N-methyl/N-ethyl adjacent to an activating group) is 1. The Morgan fingerprint density at radius 2 is 2.06 bits per heavy atom. The molecule has 3 nitrogen and oxygen atoms in total. The lowest BCUT2D eigenvalue weighted by Gasteiger charge is -2.17. The molecule has 1 aromatic carbocycles. The van der Waals surface area contributed by atoms with Crippen LogP contribution in [0.25, 0.3) is 0 Å². The Balaban J connectivity index is 2.51. The van der Waals surface area contributed by atoms with E-state index in [1.54, 1.807) is 18.2 Å². The van der Waals surface area contributed by atoms with Crippen molar-refractivity contribution in [3.05, 3.63) is 28.2 Å². The maximum Gasteiger partial charge on any atom is 0.139 e. The van der Waals surface area contributed by atoms with Gasteiger partial charge in [-0.2, -0.15) is 0 Å². The molecule has 0 aliphatic rings. The van der Waals surface area contributed by atoms with Crippen LogP contribution in [0.4, 0.5) is 0 Å². The fraction of sp³-hybridized carbons (Fsp3) is 0.455. The number of halogens is 2. The Morgan fingerprint density at radius 3 is 2.69 bits per heavy atom. The number of nitrogens with two attached hydrogens (primary N) is 1. The first-order valence-electron chi connectivity index (χ1n) is 4.97. The van der Waals surface area contributed by atoms with Gasteiger partial charge in [0.15, 0.2) is 0 Å². The summed E-state index contributed by atoms with van der Waals surface area (Å²) in [5.74, 6) is 0.573. The van der Waals surface area contributed by atoms with Gasteiger partial charge in [0, 0.05) is 17.6 Å². The lowest BCUT2D eigenvalue weighted by Crippen LogP contribution is -2.37. The smallest absolute Gasteiger partial charge is 0.139 e. The summed E-state index contributed by atoms with van der Waals surface area (Å²) >= 11 is 11.8. The van der Waals surface area contributed by atoms with Gasteiger partial charge in [-0.15, -0.1) is 0 Å². The molecule has 0 aliphatic heterocycles.